The second-order valence-corrected chi connectivity index (χ2v) is 10.1. The van der Waals surface area contributed by atoms with Crippen LogP contribution in [0.25, 0.3) is 0 Å². The van der Waals surface area contributed by atoms with E-state index in [2.05, 4.69) is 59.9 Å². The first kappa shape index (κ1) is 20.7. The van der Waals surface area contributed by atoms with Gasteiger partial charge in [0, 0.05) is 5.41 Å². The summed E-state index contributed by atoms with van der Waals surface area (Å²) in [4.78, 5) is 0. The maximum atomic E-state index is 4.44. The minimum absolute atomic E-state index is 0.339. The molecule has 0 aromatic heterocycles. The van der Waals surface area contributed by atoms with Crippen molar-refractivity contribution < 1.29 is 0 Å². The third kappa shape index (κ3) is 3.32. The summed E-state index contributed by atoms with van der Waals surface area (Å²) in [5.74, 6) is 2.46. The summed E-state index contributed by atoms with van der Waals surface area (Å²) in [5, 5.41) is 0. The van der Waals surface area contributed by atoms with Crippen molar-refractivity contribution in [2.75, 3.05) is 0 Å². The molecule has 150 valence electrons. The van der Waals surface area contributed by atoms with Crippen LogP contribution in [-0.4, -0.2) is 0 Å². The number of hydrogen-bond acceptors (Lipinski definition) is 0. The Morgan fingerprint density at radius 1 is 1.11 bits per heavy atom. The van der Waals surface area contributed by atoms with Crippen LogP contribution in [0.5, 0.6) is 0 Å². The van der Waals surface area contributed by atoms with E-state index in [-0.39, 0.29) is 0 Å². The van der Waals surface area contributed by atoms with Gasteiger partial charge in [-0.15, -0.1) is 0 Å². The third-order valence-electron chi connectivity index (χ3n) is 8.40. The summed E-state index contributed by atoms with van der Waals surface area (Å²) in [7, 11) is 0. The summed E-state index contributed by atoms with van der Waals surface area (Å²) >= 11 is 0. The van der Waals surface area contributed by atoms with E-state index in [1.807, 2.05) is 0 Å². The van der Waals surface area contributed by atoms with Crippen molar-refractivity contribution in [3.8, 4) is 0 Å². The van der Waals surface area contributed by atoms with Gasteiger partial charge in [0.15, 0.2) is 0 Å². The van der Waals surface area contributed by atoms with E-state index in [0.29, 0.717) is 10.8 Å². The zero-order valence-corrected chi connectivity index (χ0v) is 18.7. The molecule has 0 N–H and O–H groups in total. The molecular formula is C27H42. The summed E-state index contributed by atoms with van der Waals surface area (Å²) in [6.45, 7) is 20.3. The molecular weight excluding hydrogens is 324 g/mol. The first-order valence-electron chi connectivity index (χ1n) is 11.6. The molecule has 4 aliphatic carbocycles. The van der Waals surface area contributed by atoms with Gasteiger partial charge in [0.1, 0.15) is 0 Å². The van der Waals surface area contributed by atoms with Gasteiger partial charge >= 0.3 is 0 Å². The molecule has 0 heteroatoms. The molecule has 5 atom stereocenters. The van der Waals surface area contributed by atoms with Crippen molar-refractivity contribution in [2.24, 2.45) is 28.6 Å². The van der Waals surface area contributed by atoms with E-state index in [1.165, 1.54) is 62.5 Å². The molecule has 0 radical (unpaired) electrons. The smallest absolute Gasteiger partial charge is 0.0101 e. The average molecular weight is 367 g/mol. The van der Waals surface area contributed by atoms with Crippen molar-refractivity contribution >= 4 is 0 Å². The van der Waals surface area contributed by atoms with Gasteiger partial charge in [0.25, 0.3) is 0 Å². The fourth-order valence-electron chi connectivity index (χ4n) is 6.86. The second-order valence-electron chi connectivity index (χ2n) is 10.1. The van der Waals surface area contributed by atoms with E-state index >= 15 is 0 Å². The lowest BCUT2D eigenvalue weighted by Gasteiger charge is -2.54. The molecule has 0 nitrogen and oxygen atoms in total. The maximum Gasteiger partial charge on any atom is 0.0101 e. The van der Waals surface area contributed by atoms with Crippen LogP contribution in [0.1, 0.15) is 92.4 Å². The highest BCUT2D eigenvalue weighted by molar-refractivity contribution is 5.43. The van der Waals surface area contributed by atoms with Crippen LogP contribution in [0.2, 0.25) is 0 Å². The van der Waals surface area contributed by atoms with Crippen LogP contribution in [0.4, 0.5) is 0 Å². The number of fused-ring (bicyclic) bond motifs is 5. The Kier molecular flexibility index (Phi) is 5.95. The molecule has 0 amide bonds. The largest absolute Gasteiger partial charge is 0.0996 e. The van der Waals surface area contributed by atoms with Crippen LogP contribution in [0.15, 0.2) is 47.6 Å². The highest BCUT2D eigenvalue weighted by Crippen LogP contribution is 2.65. The number of hydrogen-bond donors (Lipinski definition) is 0. The van der Waals surface area contributed by atoms with E-state index in [0.717, 1.165) is 24.2 Å². The zero-order valence-electron chi connectivity index (χ0n) is 18.7. The van der Waals surface area contributed by atoms with Gasteiger partial charge in [-0.25, -0.2) is 0 Å². The molecule has 0 saturated heterocycles. The quantitative estimate of drug-likeness (QED) is 0.430. The fraction of sp³-hybridized carbons (Fsp3) is 0.704. The summed E-state index contributed by atoms with van der Waals surface area (Å²) in [6.07, 6.45) is 16.7. The molecule has 0 spiro atoms. The number of allylic oxidation sites excluding steroid dienone is 6. The lowest BCUT2D eigenvalue weighted by molar-refractivity contribution is 0.0963. The van der Waals surface area contributed by atoms with Crippen molar-refractivity contribution in [3.63, 3.8) is 0 Å². The van der Waals surface area contributed by atoms with Gasteiger partial charge < -0.3 is 0 Å². The minimum atomic E-state index is 0.339. The van der Waals surface area contributed by atoms with Crippen molar-refractivity contribution in [3.05, 3.63) is 47.6 Å². The van der Waals surface area contributed by atoms with E-state index in [1.54, 1.807) is 11.1 Å². The normalized spacial score (nSPS) is 39.9. The van der Waals surface area contributed by atoms with Gasteiger partial charge in [0.05, 0.1) is 0 Å². The Labute approximate surface area is 168 Å². The first-order valence-corrected chi connectivity index (χ1v) is 11.6. The molecule has 0 heterocycles. The summed E-state index contributed by atoms with van der Waals surface area (Å²) in [6, 6.07) is 0. The lowest BCUT2D eigenvalue weighted by Crippen LogP contribution is -2.44. The highest BCUT2D eigenvalue weighted by Gasteiger charge is 2.55. The van der Waals surface area contributed by atoms with Crippen LogP contribution in [-0.2, 0) is 0 Å². The maximum absolute atomic E-state index is 4.44. The topological polar surface area (TPSA) is 0 Å². The summed E-state index contributed by atoms with van der Waals surface area (Å²) in [5.41, 5.74) is 7.15. The van der Waals surface area contributed by atoms with Gasteiger partial charge in [-0.2, -0.15) is 0 Å². The second kappa shape index (κ2) is 7.76. The van der Waals surface area contributed by atoms with Gasteiger partial charge in [-0.1, -0.05) is 88.6 Å². The molecule has 2 saturated carbocycles. The Bertz CT molecular complexity index is 660. The molecule has 27 heavy (non-hydrogen) atoms. The predicted molar refractivity (Wildman–Crippen MR) is 120 cm³/mol. The van der Waals surface area contributed by atoms with Crippen LogP contribution < -0.4 is 0 Å². The molecule has 0 bridgehead atoms. The molecule has 0 aromatic carbocycles. The number of rotatable bonds is 2. The summed E-state index contributed by atoms with van der Waals surface area (Å²) < 4.78 is 0. The Morgan fingerprint density at radius 2 is 1.81 bits per heavy atom. The molecule has 4 rings (SSSR count). The zero-order chi connectivity index (χ0) is 19.8. The standard InChI is InChI=1S/C24H34.C3H8/c1-6-17(3)20-9-10-21-19-8-7-18-15-16(2)11-13-23(18,4)22(19)12-14-24(20,21)5;1-3-2/h12,15,19-21H,2-3,6-11,13-14H2,1,4-5H3;3H2,1-2H3/t19?,20-,21?,23+,24-;/m1./s1. The Morgan fingerprint density at radius 3 is 2.48 bits per heavy atom. The molecule has 2 fully saturated rings. The third-order valence-corrected chi connectivity index (χ3v) is 8.40. The molecule has 0 aromatic rings. The molecule has 4 aliphatic rings. The van der Waals surface area contributed by atoms with E-state index in [9.17, 15) is 0 Å². The Balaban J connectivity index is 0.000000659. The first-order chi connectivity index (χ1) is 12.8. The fourth-order valence-corrected chi connectivity index (χ4v) is 6.86. The van der Waals surface area contributed by atoms with Crippen LogP contribution >= 0.6 is 0 Å². The highest BCUT2D eigenvalue weighted by atomic mass is 14.6. The molecule has 0 aliphatic heterocycles. The van der Waals surface area contributed by atoms with Gasteiger partial charge in [-0.3, -0.25) is 0 Å². The minimum Gasteiger partial charge on any atom is -0.0996 e. The van der Waals surface area contributed by atoms with Gasteiger partial charge in [-0.05, 0) is 74.5 Å². The van der Waals surface area contributed by atoms with E-state index < -0.39 is 0 Å². The SMILES string of the molecule is C=C1C=C2CCC3C(=CC[C@@]4(C)C3CC[C@@H]4C(=C)CC)[C@@]2(C)CC1.CCC. The van der Waals surface area contributed by atoms with Crippen molar-refractivity contribution in [2.45, 2.75) is 92.4 Å². The van der Waals surface area contributed by atoms with Crippen molar-refractivity contribution in [1.82, 2.24) is 0 Å². The monoisotopic (exact) mass is 366 g/mol. The van der Waals surface area contributed by atoms with Crippen LogP contribution in [0, 0.1) is 28.6 Å². The van der Waals surface area contributed by atoms with Gasteiger partial charge in [0.2, 0.25) is 0 Å². The van der Waals surface area contributed by atoms with Crippen LogP contribution in [0.3, 0.4) is 0 Å². The predicted octanol–water partition coefficient (Wildman–Crippen LogP) is 8.42. The lowest BCUT2D eigenvalue weighted by atomic mass is 9.51. The van der Waals surface area contributed by atoms with Crippen molar-refractivity contribution in [1.29, 1.82) is 0 Å². The molecule has 2 unspecified atom stereocenters. The Hall–Kier alpha value is -1.04. The average Bonchev–Trinajstić information content (AvgIpc) is 2.99. The van der Waals surface area contributed by atoms with E-state index in [4.69, 9.17) is 0 Å².